The molecular formula is C28H38N2O2. The number of allylic oxidation sites excluding steroid dienone is 3. The lowest BCUT2D eigenvalue weighted by atomic mass is 9.89. The van der Waals surface area contributed by atoms with Crippen LogP contribution in [-0.4, -0.2) is 15.9 Å². The van der Waals surface area contributed by atoms with Crippen LogP contribution in [0.25, 0.3) is 10.8 Å². The van der Waals surface area contributed by atoms with Gasteiger partial charge in [0.2, 0.25) is 0 Å². The first-order chi connectivity index (χ1) is 15.5. The molecule has 32 heavy (non-hydrogen) atoms. The van der Waals surface area contributed by atoms with Crippen LogP contribution < -0.4 is 10.9 Å². The van der Waals surface area contributed by atoms with Crippen LogP contribution in [-0.2, 0) is 6.54 Å². The van der Waals surface area contributed by atoms with Gasteiger partial charge in [0.05, 0.1) is 0 Å². The molecule has 0 unspecified atom stereocenters. The maximum Gasteiger partial charge on any atom is 0.258 e. The highest BCUT2D eigenvalue weighted by molar-refractivity contribution is 5.93. The van der Waals surface area contributed by atoms with E-state index in [1.54, 1.807) is 6.08 Å². The third-order valence-corrected chi connectivity index (χ3v) is 6.34. The number of aliphatic hydroxyl groups excluding tert-OH is 1. The number of hydrogen-bond acceptors (Lipinski definition) is 3. The molecule has 172 valence electrons. The highest BCUT2D eigenvalue weighted by Crippen LogP contribution is 2.26. The van der Waals surface area contributed by atoms with Crippen molar-refractivity contribution < 1.29 is 5.11 Å². The lowest BCUT2D eigenvalue weighted by Gasteiger charge is -2.22. The number of pyridine rings is 1. The lowest BCUT2D eigenvalue weighted by molar-refractivity contribution is 0.244. The molecule has 4 nitrogen and oxygen atoms in total. The van der Waals surface area contributed by atoms with Gasteiger partial charge in [0.15, 0.2) is 6.23 Å². The van der Waals surface area contributed by atoms with Crippen LogP contribution in [0.5, 0.6) is 0 Å². The number of hydrogen-bond donors (Lipinski definition) is 2. The summed E-state index contributed by atoms with van der Waals surface area (Å²) < 4.78 is 1.86. The van der Waals surface area contributed by atoms with Gasteiger partial charge in [-0.15, -0.1) is 0 Å². The van der Waals surface area contributed by atoms with Crippen molar-refractivity contribution in [1.82, 2.24) is 4.57 Å². The van der Waals surface area contributed by atoms with Crippen LogP contribution in [0, 0.1) is 11.8 Å². The summed E-state index contributed by atoms with van der Waals surface area (Å²) >= 11 is 0. The van der Waals surface area contributed by atoms with E-state index in [9.17, 15) is 9.90 Å². The van der Waals surface area contributed by atoms with Gasteiger partial charge in [-0.3, -0.25) is 4.79 Å². The van der Waals surface area contributed by atoms with Crippen LogP contribution in [0.4, 0.5) is 5.69 Å². The Hall–Kier alpha value is -2.59. The Morgan fingerprint density at radius 1 is 1.22 bits per heavy atom. The van der Waals surface area contributed by atoms with Crippen molar-refractivity contribution in [1.29, 1.82) is 0 Å². The molecule has 1 aliphatic carbocycles. The van der Waals surface area contributed by atoms with Crippen LogP contribution in [0.2, 0.25) is 0 Å². The molecule has 1 aliphatic rings. The number of aliphatic hydroxyl groups is 1. The molecule has 0 radical (unpaired) electrons. The predicted octanol–water partition coefficient (Wildman–Crippen LogP) is 6.42. The minimum atomic E-state index is -0.890. The van der Waals surface area contributed by atoms with Crippen LogP contribution >= 0.6 is 0 Å². The summed E-state index contributed by atoms with van der Waals surface area (Å²) in [6.07, 6.45) is 16.9. The van der Waals surface area contributed by atoms with E-state index in [1.807, 2.05) is 47.2 Å². The Kier molecular flexibility index (Phi) is 8.92. The van der Waals surface area contributed by atoms with Crippen molar-refractivity contribution in [3.63, 3.8) is 0 Å². The van der Waals surface area contributed by atoms with Crippen molar-refractivity contribution in [3.8, 4) is 0 Å². The van der Waals surface area contributed by atoms with Gasteiger partial charge >= 0.3 is 0 Å². The molecule has 0 saturated heterocycles. The summed E-state index contributed by atoms with van der Waals surface area (Å²) in [5.41, 5.74) is 1.54. The summed E-state index contributed by atoms with van der Waals surface area (Å²) in [5, 5.41) is 15.5. The summed E-state index contributed by atoms with van der Waals surface area (Å²) in [7, 11) is 0. The number of rotatable bonds is 10. The average molecular weight is 435 g/mol. The Bertz CT molecular complexity index is 1010. The number of nitrogens with one attached hydrogen (secondary N) is 1. The van der Waals surface area contributed by atoms with Crippen LogP contribution in [0.3, 0.4) is 0 Å². The van der Waals surface area contributed by atoms with Crippen molar-refractivity contribution in [3.05, 3.63) is 77.3 Å². The summed E-state index contributed by atoms with van der Waals surface area (Å²) in [6, 6.07) is 7.65. The maximum atomic E-state index is 13.1. The van der Waals surface area contributed by atoms with Gasteiger partial charge in [0.25, 0.3) is 5.56 Å². The van der Waals surface area contributed by atoms with Gasteiger partial charge < -0.3 is 15.0 Å². The fourth-order valence-electron chi connectivity index (χ4n) is 4.49. The summed E-state index contributed by atoms with van der Waals surface area (Å²) in [5.74, 6) is 1.24. The van der Waals surface area contributed by atoms with Gasteiger partial charge in [-0.2, -0.15) is 0 Å². The van der Waals surface area contributed by atoms with Gasteiger partial charge in [-0.05, 0) is 55.7 Å². The molecule has 1 heterocycles. The number of nitrogens with zero attached hydrogens (tertiary/aromatic N) is 1. The molecule has 0 amide bonds. The molecule has 1 aromatic heterocycles. The van der Waals surface area contributed by atoms with E-state index >= 15 is 0 Å². The maximum absolute atomic E-state index is 13.1. The average Bonchev–Trinajstić information content (AvgIpc) is 2.78. The first kappa shape index (κ1) is 24.1. The van der Waals surface area contributed by atoms with Gasteiger partial charge in [-0.1, -0.05) is 70.1 Å². The first-order valence-corrected chi connectivity index (χ1v) is 12.1. The van der Waals surface area contributed by atoms with E-state index < -0.39 is 6.23 Å². The normalized spacial score (nSPS) is 16.7. The van der Waals surface area contributed by atoms with E-state index in [0.717, 1.165) is 36.0 Å². The molecular weight excluding hydrogens is 396 g/mol. The zero-order valence-electron chi connectivity index (χ0n) is 19.6. The van der Waals surface area contributed by atoms with Gasteiger partial charge in [0.1, 0.15) is 0 Å². The molecule has 0 bridgehead atoms. The fourth-order valence-corrected chi connectivity index (χ4v) is 4.49. The number of aromatic nitrogens is 1. The van der Waals surface area contributed by atoms with Crippen molar-refractivity contribution >= 4 is 16.5 Å². The van der Waals surface area contributed by atoms with Gasteiger partial charge in [-0.25, -0.2) is 0 Å². The number of anilines is 1. The minimum absolute atomic E-state index is 0.0432. The minimum Gasteiger partial charge on any atom is -0.369 e. The third-order valence-electron chi connectivity index (χ3n) is 6.34. The predicted molar refractivity (Wildman–Crippen MR) is 136 cm³/mol. The van der Waals surface area contributed by atoms with Crippen molar-refractivity contribution in [2.45, 2.75) is 71.6 Å². The molecule has 0 aliphatic heterocycles. The number of benzene rings is 1. The second-order valence-corrected chi connectivity index (χ2v) is 9.37. The lowest BCUT2D eigenvalue weighted by Crippen LogP contribution is -2.25. The molecule has 1 aromatic carbocycles. The van der Waals surface area contributed by atoms with Gasteiger partial charge in [0, 0.05) is 34.8 Å². The molecule has 1 atom stereocenters. The summed E-state index contributed by atoms with van der Waals surface area (Å²) in [6.45, 7) is 8.97. The Labute approximate surface area is 192 Å². The Balaban J connectivity index is 1.79. The second-order valence-electron chi connectivity index (χ2n) is 9.37. The van der Waals surface area contributed by atoms with Crippen molar-refractivity contribution in [2.75, 3.05) is 5.32 Å². The van der Waals surface area contributed by atoms with E-state index in [0.29, 0.717) is 17.2 Å². The standard InChI is InChI=1S/C28H38N2O2/c1-4-11-23(15-9-8-12-21(2)3)27(31)29-26-17-10-16-25-24(26)18-19-30(28(25)32)20-22-13-6-5-7-14-22/h4,9-11,15-19,21-22,27,29,31H,1,5-8,12-14,20H2,2-3H3/b15-9-,23-11+/t27-/m1/s1. The molecule has 2 aromatic rings. The largest absolute Gasteiger partial charge is 0.369 e. The summed E-state index contributed by atoms with van der Waals surface area (Å²) in [4.78, 5) is 13.1. The topological polar surface area (TPSA) is 54.3 Å². The Morgan fingerprint density at radius 2 is 2.00 bits per heavy atom. The van der Waals surface area contributed by atoms with Crippen LogP contribution in [0.15, 0.2) is 71.7 Å². The monoisotopic (exact) mass is 434 g/mol. The molecule has 4 heteroatoms. The SMILES string of the molecule is C=C/C=C(\C=C/CCC(C)C)[C@@H](O)Nc1cccc2c(=O)n(CC3CCCCC3)ccc12. The van der Waals surface area contributed by atoms with E-state index in [1.165, 1.54) is 32.1 Å². The molecule has 2 N–H and O–H groups in total. The highest BCUT2D eigenvalue weighted by Gasteiger charge is 2.16. The molecule has 1 saturated carbocycles. The quantitative estimate of drug-likeness (QED) is 0.335. The zero-order chi connectivity index (χ0) is 22.9. The van der Waals surface area contributed by atoms with Crippen LogP contribution in [0.1, 0.15) is 58.8 Å². The molecule has 1 fully saturated rings. The Morgan fingerprint density at radius 3 is 2.72 bits per heavy atom. The molecule has 3 rings (SSSR count). The van der Waals surface area contributed by atoms with Crippen molar-refractivity contribution in [2.24, 2.45) is 11.8 Å². The van der Waals surface area contributed by atoms with E-state index in [-0.39, 0.29) is 5.56 Å². The number of fused-ring (bicyclic) bond motifs is 1. The zero-order valence-corrected chi connectivity index (χ0v) is 19.6. The second kappa shape index (κ2) is 11.9. The smallest absolute Gasteiger partial charge is 0.258 e. The first-order valence-electron chi connectivity index (χ1n) is 12.1. The van der Waals surface area contributed by atoms with E-state index in [4.69, 9.17) is 0 Å². The van der Waals surface area contributed by atoms with E-state index in [2.05, 4.69) is 31.8 Å². The third kappa shape index (κ3) is 6.46. The molecule has 0 spiro atoms. The highest BCUT2D eigenvalue weighted by atomic mass is 16.3. The fraction of sp³-hybridized carbons (Fsp3) is 0.464.